The van der Waals surface area contributed by atoms with Crippen LogP contribution in [0.25, 0.3) is 22.2 Å². The first-order valence-electron chi connectivity index (χ1n) is 10.0. The normalized spacial score (nSPS) is 18.9. The molecular weight excluding hydrogens is 404 g/mol. The van der Waals surface area contributed by atoms with Crippen molar-refractivity contribution >= 4 is 34.4 Å². The molecule has 0 unspecified atom stereocenters. The molecule has 0 radical (unpaired) electrons. The van der Waals surface area contributed by atoms with Crippen molar-refractivity contribution in [1.29, 1.82) is 0 Å². The minimum Gasteiger partial charge on any atom is -0.495 e. The number of pyridine rings is 2. The smallest absolute Gasteiger partial charge is 0.233 e. The van der Waals surface area contributed by atoms with Crippen LogP contribution in [-0.2, 0) is 4.79 Å². The van der Waals surface area contributed by atoms with E-state index in [2.05, 4.69) is 25.6 Å². The van der Waals surface area contributed by atoms with E-state index in [1.54, 1.807) is 13.3 Å². The van der Waals surface area contributed by atoms with Gasteiger partial charge in [0, 0.05) is 29.2 Å². The molecule has 4 rings (SSSR count). The standard InChI is InChI=1S/C21H25ClN6O2/c1-30-15-8-16-17(11-25-21(16)24-10-15)12-6-18(22)28-19(7-12)26-13-2-4-14(5-3-13)27-20(29)9-23/h6-8,10-11,13-14H,2-5,9,23H2,1H3,(H,24,25)(H,26,28)(H,27,29)/t13-,14-. The number of nitrogens with two attached hydrogens (primary N) is 1. The maximum Gasteiger partial charge on any atom is 0.233 e. The van der Waals surface area contributed by atoms with Crippen LogP contribution in [0.5, 0.6) is 5.75 Å². The lowest BCUT2D eigenvalue weighted by molar-refractivity contribution is -0.120. The zero-order chi connectivity index (χ0) is 21.1. The molecule has 158 valence electrons. The number of halogens is 1. The average molecular weight is 429 g/mol. The Labute approximate surface area is 179 Å². The van der Waals surface area contributed by atoms with E-state index < -0.39 is 0 Å². The van der Waals surface area contributed by atoms with Crippen molar-refractivity contribution in [2.45, 2.75) is 37.8 Å². The first-order valence-corrected chi connectivity index (χ1v) is 10.4. The maximum atomic E-state index is 11.5. The molecule has 0 bridgehead atoms. The lowest BCUT2D eigenvalue weighted by atomic mass is 9.91. The fourth-order valence-corrected chi connectivity index (χ4v) is 4.15. The molecule has 1 saturated carbocycles. The Balaban J connectivity index is 1.50. The van der Waals surface area contributed by atoms with Gasteiger partial charge in [0.15, 0.2) is 0 Å². The molecule has 0 saturated heterocycles. The van der Waals surface area contributed by atoms with E-state index in [0.717, 1.165) is 53.7 Å². The van der Waals surface area contributed by atoms with Crippen LogP contribution in [0.2, 0.25) is 5.15 Å². The predicted octanol–water partition coefficient (Wildman–Crippen LogP) is 3.08. The Morgan fingerprint density at radius 2 is 2.03 bits per heavy atom. The number of ether oxygens (including phenoxy) is 1. The summed E-state index contributed by atoms with van der Waals surface area (Å²) in [6.07, 6.45) is 7.29. The molecule has 1 aliphatic rings. The summed E-state index contributed by atoms with van der Waals surface area (Å²) >= 11 is 6.33. The molecule has 0 aromatic carbocycles. The highest BCUT2D eigenvalue weighted by molar-refractivity contribution is 6.29. The number of rotatable bonds is 6. The van der Waals surface area contributed by atoms with Gasteiger partial charge in [0.25, 0.3) is 0 Å². The van der Waals surface area contributed by atoms with Crippen LogP contribution in [-0.4, -0.2) is 46.6 Å². The third-order valence-electron chi connectivity index (χ3n) is 5.48. The summed E-state index contributed by atoms with van der Waals surface area (Å²) in [6, 6.07) is 6.26. The topological polar surface area (TPSA) is 118 Å². The van der Waals surface area contributed by atoms with Crippen molar-refractivity contribution in [2.75, 3.05) is 19.0 Å². The number of nitrogens with one attached hydrogen (secondary N) is 3. The fourth-order valence-electron chi connectivity index (χ4n) is 3.94. The van der Waals surface area contributed by atoms with Gasteiger partial charge in [-0.25, -0.2) is 9.97 Å². The van der Waals surface area contributed by atoms with Gasteiger partial charge < -0.3 is 26.1 Å². The lowest BCUT2D eigenvalue weighted by Crippen LogP contribution is -2.42. The molecule has 1 amide bonds. The molecule has 30 heavy (non-hydrogen) atoms. The highest BCUT2D eigenvalue weighted by Gasteiger charge is 2.22. The van der Waals surface area contributed by atoms with Crippen LogP contribution < -0.4 is 21.1 Å². The Morgan fingerprint density at radius 3 is 2.77 bits per heavy atom. The summed E-state index contributed by atoms with van der Waals surface area (Å²) in [7, 11) is 1.62. The quantitative estimate of drug-likeness (QED) is 0.448. The number of nitrogens with zero attached hydrogens (tertiary/aromatic N) is 2. The molecule has 9 heteroatoms. The van der Waals surface area contributed by atoms with Gasteiger partial charge in [0.1, 0.15) is 22.4 Å². The molecule has 3 heterocycles. The second kappa shape index (κ2) is 8.89. The fraction of sp³-hybridized carbons (Fsp3) is 0.381. The average Bonchev–Trinajstić information content (AvgIpc) is 3.17. The van der Waals surface area contributed by atoms with Crippen LogP contribution in [0, 0.1) is 0 Å². The van der Waals surface area contributed by atoms with Gasteiger partial charge in [-0.05, 0) is 49.4 Å². The SMILES string of the molecule is COc1cnc2[nH]cc(-c3cc(Cl)nc(N[C@H]4CC[C@H](NC(=O)CN)CC4)c3)c2c1. The van der Waals surface area contributed by atoms with E-state index in [4.69, 9.17) is 22.1 Å². The number of methoxy groups -OCH3 is 1. The molecule has 0 aliphatic heterocycles. The number of carbonyl (C=O) groups is 1. The molecule has 1 aliphatic carbocycles. The number of amides is 1. The first kappa shape index (κ1) is 20.4. The number of aromatic nitrogens is 3. The lowest BCUT2D eigenvalue weighted by Gasteiger charge is -2.30. The minimum absolute atomic E-state index is 0.0304. The van der Waals surface area contributed by atoms with Gasteiger partial charge in [-0.1, -0.05) is 11.6 Å². The van der Waals surface area contributed by atoms with E-state index in [-0.39, 0.29) is 24.5 Å². The Bertz CT molecular complexity index is 1050. The second-order valence-electron chi connectivity index (χ2n) is 7.50. The third kappa shape index (κ3) is 4.49. The van der Waals surface area contributed by atoms with Crippen molar-refractivity contribution in [2.24, 2.45) is 5.73 Å². The van der Waals surface area contributed by atoms with E-state index in [1.807, 2.05) is 24.4 Å². The van der Waals surface area contributed by atoms with Gasteiger partial charge in [-0.2, -0.15) is 0 Å². The van der Waals surface area contributed by atoms with Gasteiger partial charge >= 0.3 is 0 Å². The summed E-state index contributed by atoms with van der Waals surface area (Å²) in [5.74, 6) is 1.33. The van der Waals surface area contributed by atoms with E-state index >= 15 is 0 Å². The number of fused-ring (bicyclic) bond motifs is 1. The number of anilines is 1. The summed E-state index contributed by atoms with van der Waals surface area (Å²) in [4.78, 5) is 23.5. The number of carbonyl (C=O) groups excluding carboxylic acids is 1. The molecule has 5 N–H and O–H groups in total. The zero-order valence-electron chi connectivity index (χ0n) is 16.7. The number of H-pyrrole nitrogens is 1. The highest BCUT2D eigenvalue weighted by Crippen LogP contribution is 2.33. The summed E-state index contributed by atoms with van der Waals surface area (Å²) in [5.41, 5.74) is 8.09. The number of hydrogen-bond acceptors (Lipinski definition) is 6. The van der Waals surface area contributed by atoms with Gasteiger partial charge in [-0.3, -0.25) is 4.79 Å². The minimum atomic E-state index is -0.0996. The molecule has 0 atom stereocenters. The molecule has 8 nitrogen and oxygen atoms in total. The van der Waals surface area contributed by atoms with Crippen LogP contribution >= 0.6 is 11.6 Å². The zero-order valence-corrected chi connectivity index (χ0v) is 17.5. The van der Waals surface area contributed by atoms with E-state index in [9.17, 15) is 4.79 Å². The van der Waals surface area contributed by atoms with E-state index in [0.29, 0.717) is 10.9 Å². The van der Waals surface area contributed by atoms with Crippen LogP contribution in [0.15, 0.2) is 30.6 Å². The first-order chi connectivity index (χ1) is 14.6. The van der Waals surface area contributed by atoms with Crippen molar-refractivity contribution in [3.05, 3.63) is 35.7 Å². The molecule has 1 fully saturated rings. The third-order valence-corrected chi connectivity index (χ3v) is 5.67. The summed E-state index contributed by atoms with van der Waals surface area (Å²) in [6.45, 7) is 0.0304. The number of aromatic amines is 1. The van der Waals surface area contributed by atoms with Gasteiger partial charge in [0.2, 0.25) is 5.91 Å². The van der Waals surface area contributed by atoms with Gasteiger partial charge in [0.05, 0.1) is 19.9 Å². The Morgan fingerprint density at radius 1 is 1.27 bits per heavy atom. The molecular formula is C21H25ClN6O2. The van der Waals surface area contributed by atoms with Crippen LogP contribution in [0.4, 0.5) is 5.82 Å². The second-order valence-corrected chi connectivity index (χ2v) is 7.89. The highest BCUT2D eigenvalue weighted by atomic mass is 35.5. The maximum absolute atomic E-state index is 11.5. The Hall–Kier alpha value is -2.84. The number of hydrogen-bond donors (Lipinski definition) is 4. The summed E-state index contributed by atoms with van der Waals surface area (Å²) in [5, 5.41) is 7.84. The van der Waals surface area contributed by atoms with Crippen molar-refractivity contribution < 1.29 is 9.53 Å². The largest absolute Gasteiger partial charge is 0.495 e. The van der Waals surface area contributed by atoms with Crippen LogP contribution in [0.3, 0.4) is 0 Å². The molecule has 3 aromatic rings. The molecule has 0 spiro atoms. The van der Waals surface area contributed by atoms with Crippen molar-refractivity contribution in [3.8, 4) is 16.9 Å². The predicted molar refractivity (Wildman–Crippen MR) is 118 cm³/mol. The summed E-state index contributed by atoms with van der Waals surface area (Å²) < 4.78 is 5.31. The van der Waals surface area contributed by atoms with Crippen LogP contribution in [0.1, 0.15) is 25.7 Å². The molecule has 3 aromatic heterocycles. The van der Waals surface area contributed by atoms with Crippen molar-refractivity contribution in [3.63, 3.8) is 0 Å². The Kier molecular flexibility index (Phi) is 6.06. The monoisotopic (exact) mass is 428 g/mol. The van der Waals surface area contributed by atoms with E-state index in [1.165, 1.54) is 0 Å². The van der Waals surface area contributed by atoms with Crippen molar-refractivity contribution in [1.82, 2.24) is 20.3 Å². The van der Waals surface area contributed by atoms with Gasteiger partial charge in [-0.15, -0.1) is 0 Å².